The van der Waals surface area contributed by atoms with E-state index in [1.807, 2.05) is 62.4 Å². The van der Waals surface area contributed by atoms with Gasteiger partial charge in [-0.25, -0.2) is 4.79 Å². The standard InChI is InChI=1S/C22H21NO3/c1-14-7-8-16(11-15(14)2)12-20(22(25)26)23-21(24)19-10-9-17-5-3-4-6-18(17)13-19/h3-11,13,20H,12H2,1-2H3,(H,23,24)(H,25,26)/t20-/m1/s1. The van der Waals surface area contributed by atoms with Crippen LogP contribution in [0.4, 0.5) is 0 Å². The number of aryl methyl sites for hydroxylation is 2. The van der Waals surface area contributed by atoms with Crippen molar-refractivity contribution < 1.29 is 14.7 Å². The number of aliphatic carboxylic acids is 1. The zero-order chi connectivity index (χ0) is 18.7. The van der Waals surface area contributed by atoms with E-state index in [4.69, 9.17) is 0 Å². The number of carbonyl (C=O) groups is 2. The van der Waals surface area contributed by atoms with E-state index in [1.165, 1.54) is 0 Å². The van der Waals surface area contributed by atoms with Crippen molar-refractivity contribution in [3.05, 3.63) is 82.9 Å². The molecule has 0 aliphatic carbocycles. The van der Waals surface area contributed by atoms with Crippen LogP contribution in [-0.4, -0.2) is 23.0 Å². The van der Waals surface area contributed by atoms with Gasteiger partial charge in [0.2, 0.25) is 0 Å². The van der Waals surface area contributed by atoms with Crippen LogP contribution in [-0.2, 0) is 11.2 Å². The first-order valence-corrected chi connectivity index (χ1v) is 8.52. The van der Waals surface area contributed by atoms with Crippen LogP contribution >= 0.6 is 0 Å². The second-order valence-electron chi connectivity index (χ2n) is 6.55. The van der Waals surface area contributed by atoms with E-state index >= 15 is 0 Å². The average molecular weight is 347 g/mol. The molecule has 4 nitrogen and oxygen atoms in total. The van der Waals surface area contributed by atoms with Crippen molar-refractivity contribution in [2.45, 2.75) is 26.3 Å². The molecule has 1 atom stereocenters. The first kappa shape index (κ1) is 17.7. The van der Waals surface area contributed by atoms with Crippen molar-refractivity contribution in [2.24, 2.45) is 0 Å². The van der Waals surface area contributed by atoms with Crippen LogP contribution in [0.15, 0.2) is 60.7 Å². The lowest BCUT2D eigenvalue weighted by Gasteiger charge is -2.16. The second-order valence-corrected chi connectivity index (χ2v) is 6.55. The summed E-state index contributed by atoms with van der Waals surface area (Å²) < 4.78 is 0. The Hall–Kier alpha value is -3.14. The largest absolute Gasteiger partial charge is 0.480 e. The predicted octanol–water partition coefficient (Wildman–Crippen LogP) is 3.88. The maximum Gasteiger partial charge on any atom is 0.326 e. The van der Waals surface area contributed by atoms with E-state index in [0.29, 0.717) is 5.56 Å². The molecule has 0 fully saturated rings. The summed E-state index contributed by atoms with van der Waals surface area (Å²) in [6.45, 7) is 4.00. The maximum atomic E-state index is 12.5. The summed E-state index contributed by atoms with van der Waals surface area (Å²) in [6.07, 6.45) is 0.246. The summed E-state index contributed by atoms with van der Waals surface area (Å²) in [6, 6.07) is 18.0. The molecular weight excluding hydrogens is 326 g/mol. The normalized spacial score (nSPS) is 11.9. The van der Waals surface area contributed by atoms with Crippen LogP contribution in [0.5, 0.6) is 0 Å². The second kappa shape index (κ2) is 7.40. The smallest absolute Gasteiger partial charge is 0.326 e. The Bertz CT molecular complexity index is 978. The zero-order valence-corrected chi connectivity index (χ0v) is 14.8. The fraction of sp³-hybridized carbons (Fsp3) is 0.182. The van der Waals surface area contributed by atoms with Crippen molar-refractivity contribution in [3.8, 4) is 0 Å². The number of carboxylic acid groups (broad SMARTS) is 1. The van der Waals surface area contributed by atoms with Gasteiger partial charge in [0.05, 0.1) is 0 Å². The van der Waals surface area contributed by atoms with Gasteiger partial charge in [-0.1, -0.05) is 48.5 Å². The minimum Gasteiger partial charge on any atom is -0.480 e. The van der Waals surface area contributed by atoms with Crippen LogP contribution in [0, 0.1) is 13.8 Å². The van der Waals surface area contributed by atoms with E-state index in [-0.39, 0.29) is 12.3 Å². The maximum absolute atomic E-state index is 12.5. The molecule has 0 aromatic heterocycles. The van der Waals surface area contributed by atoms with Crippen molar-refractivity contribution in [2.75, 3.05) is 0 Å². The lowest BCUT2D eigenvalue weighted by Crippen LogP contribution is -2.42. The number of carboxylic acids is 1. The number of hydrogen-bond donors (Lipinski definition) is 2. The molecule has 0 saturated heterocycles. The molecule has 3 aromatic carbocycles. The number of hydrogen-bond acceptors (Lipinski definition) is 2. The summed E-state index contributed by atoms with van der Waals surface area (Å²) in [7, 11) is 0. The molecule has 26 heavy (non-hydrogen) atoms. The molecule has 132 valence electrons. The van der Waals surface area contributed by atoms with Gasteiger partial charge < -0.3 is 10.4 Å². The molecule has 1 amide bonds. The molecule has 2 N–H and O–H groups in total. The summed E-state index contributed by atoms with van der Waals surface area (Å²) in [5.41, 5.74) is 3.60. The third kappa shape index (κ3) is 3.91. The van der Waals surface area contributed by atoms with Crippen LogP contribution in [0.1, 0.15) is 27.0 Å². The van der Waals surface area contributed by atoms with Gasteiger partial charge in [-0.3, -0.25) is 4.79 Å². The lowest BCUT2D eigenvalue weighted by atomic mass is 10.0. The minimum absolute atomic E-state index is 0.246. The van der Waals surface area contributed by atoms with Gasteiger partial charge in [0, 0.05) is 12.0 Å². The Balaban J connectivity index is 1.78. The van der Waals surface area contributed by atoms with E-state index in [2.05, 4.69) is 5.32 Å². The van der Waals surface area contributed by atoms with E-state index in [0.717, 1.165) is 27.5 Å². The number of rotatable bonds is 5. The molecule has 0 unspecified atom stereocenters. The highest BCUT2D eigenvalue weighted by molar-refractivity contribution is 6.00. The Kier molecular flexibility index (Phi) is 5.03. The highest BCUT2D eigenvalue weighted by atomic mass is 16.4. The third-order valence-electron chi connectivity index (χ3n) is 4.63. The van der Waals surface area contributed by atoms with Crippen molar-refractivity contribution in [3.63, 3.8) is 0 Å². The van der Waals surface area contributed by atoms with Gasteiger partial charge in [-0.05, 0) is 53.4 Å². The van der Waals surface area contributed by atoms with Gasteiger partial charge in [0.15, 0.2) is 0 Å². The monoisotopic (exact) mass is 347 g/mol. The van der Waals surface area contributed by atoms with Gasteiger partial charge in [0.25, 0.3) is 5.91 Å². The summed E-state index contributed by atoms with van der Waals surface area (Å²) in [5, 5.41) is 14.1. The van der Waals surface area contributed by atoms with Gasteiger partial charge in [-0.15, -0.1) is 0 Å². The van der Waals surface area contributed by atoms with Gasteiger partial charge in [-0.2, -0.15) is 0 Å². The molecule has 3 rings (SSSR count). The molecule has 0 aliphatic rings. The molecule has 0 saturated carbocycles. The number of benzene rings is 3. The SMILES string of the molecule is Cc1ccc(C[C@@H](NC(=O)c2ccc3ccccc3c2)C(=O)O)cc1C. The average Bonchev–Trinajstić information content (AvgIpc) is 2.63. The Morgan fingerprint density at radius 3 is 2.35 bits per heavy atom. The summed E-state index contributed by atoms with van der Waals surface area (Å²) in [5.74, 6) is -1.43. The molecule has 3 aromatic rings. The molecular formula is C22H21NO3. The zero-order valence-electron chi connectivity index (χ0n) is 14.8. The van der Waals surface area contributed by atoms with Crippen LogP contribution in [0.25, 0.3) is 10.8 Å². The molecule has 0 aliphatic heterocycles. The van der Waals surface area contributed by atoms with Crippen LogP contribution < -0.4 is 5.32 Å². The molecule has 0 spiro atoms. The van der Waals surface area contributed by atoms with Crippen molar-refractivity contribution >= 4 is 22.6 Å². The van der Waals surface area contributed by atoms with E-state index < -0.39 is 12.0 Å². The third-order valence-corrected chi connectivity index (χ3v) is 4.63. The Labute approximate surface area is 152 Å². The molecule has 0 radical (unpaired) electrons. The van der Waals surface area contributed by atoms with Crippen molar-refractivity contribution in [1.29, 1.82) is 0 Å². The highest BCUT2D eigenvalue weighted by Crippen LogP contribution is 2.16. The predicted molar refractivity (Wildman–Crippen MR) is 102 cm³/mol. The number of fused-ring (bicyclic) bond motifs is 1. The molecule has 0 bridgehead atoms. The Morgan fingerprint density at radius 2 is 1.65 bits per heavy atom. The molecule has 4 heteroatoms. The summed E-state index contributed by atoms with van der Waals surface area (Å²) >= 11 is 0. The fourth-order valence-corrected chi connectivity index (χ4v) is 2.94. The van der Waals surface area contributed by atoms with E-state index in [9.17, 15) is 14.7 Å². The number of carbonyl (C=O) groups excluding carboxylic acids is 1. The van der Waals surface area contributed by atoms with Gasteiger partial charge in [0.1, 0.15) is 6.04 Å². The number of nitrogens with one attached hydrogen (secondary N) is 1. The van der Waals surface area contributed by atoms with Crippen molar-refractivity contribution in [1.82, 2.24) is 5.32 Å². The Morgan fingerprint density at radius 1 is 0.923 bits per heavy atom. The highest BCUT2D eigenvalue weighted by Gasteiger charge is 2.21. The van der Waals surface area contributed by atoms with Crippen LogP contribution in [0.3, 0.4) is 0 Å². The summed E-state index contributed by atoms with van der Waals surface area (Å²) in [4.78, 5) is 24.2. The van der Waals surface area contributed by atoms with Gasteiger partial charge >= 0.3 is 5.97 Å². The van der Waals surface area contributed by atoms with Crippen LogP contribution in [0.2, 0.25) is 0 Å². The minimum atomic E-state index is -1.04. The van der Waals surface area contributed by atoms with E-state index in [1.54, 1.807) is 12.1 Å². The number of amides is 1. The molecule has 0 heterocycles. The topological polar surface area (TPSA) is 66.4 Å². The first-order chi connectivity index (χ1) is 12.4. The first-order valence-electron chi connectivity index (χ1n) is 8.52. The fourth-order valence-electron chi connectivity index (χ4n) is 2.94. The quantitative estimate of drug-likeness (QED) is 0.736. The lowest BCUT2D eigenvalue weighted by molar-refractivity contribution is -0.139.